The van der Waals surface area contributed by atoms with Gasteiger partial charge < -0.3 is 5.32 Å². The molecule has 0 aliphatic heterocycles. The van der Waals surface area contributed by atoms with Gasteiger partial charge in [0.1, 0.15) is 0 Å². The molecule has 5 heteroatoms. The van der Waals surface area contributed by atoms with Crippen LogP contribution in [0.15, 0.2) is 29.2 Å². The maximum Gasteiger partial charge on any atom is 0.225 e. The van der Waals surface area contributed by atoms with Crippen molar-refractivity contribution in [2.75, 3.05) is 22.6 Å². The van der Waals surface area contributed by atoms with E-state index in [9.17, 15) is 4.79 Å². The van der Waals surface area contributed by atoms with Crippen LogP contribution in [-0.4, -0.2) is 23.2 Å². The number of nitrogens with zero attached hydrogens (tertiary/aromatic N) is 1. The molecule has 1 aromatic carbocycles. The smallest absolute Gasteiger partial charge is 0.225 e. The van der Waals surface area contributed by atoms with Gasteiger partial charge in [0.15, 0.2) is 0 Å². The van der Waals surface area contributed by atoms with Gasteiger partial charge in [-0.05, 0) is 24.8 Å². The highest BCUT2D eigenvalue weighted by molar-refractivity contribution is 7.99. The standard InChI is InChI=1S/C15H20N2OS2/c1-3-19-9-8-15(18)17-13-6-4-5-7-14(13)20-11-12(2)10-16/h4-7,12H,3,8-9,11H2,1-2H3,(H,17,18)/t12-/m0/s1. The third-order valence-corrected chi connectivity index (χ3v) is 4.78. The maximum absolute atomic E-state index is 11.8. The van der Waals surface area contributed by atoms with E-state index in [0.717, 1.165) is 27.8 Å². The fraction of sp³-hybridized carbons (Fsp3) is 0.467. The van der Waals surface area contributed by atoms with Crippen LogP contribution in [0.25, 0.3) is 0 Å². The van der Waals surface area contributed by atoms with E-state index in [-0.39, 0.29) is 11.8 Å². The lowest BCUT2D eigenvalue weighted by Crippen LogP contribution is -2.13. The topological polar surface area (TPSA) is 52.9 Å². The number of thioether (sulfide) groups is 2. The molecule has 0 fully saturated rings. The molecule has 20 heavy (non-hydrogen) atoms. The van der Waals surface area contributed by atoms with Gasteiger partial charge in [-0.3, -0.25) is 4.79 Å². The summed E-state index contributed by atoms with van der Waals surface area (Å²) in [6.45, 7) is 3.99. The summed E-state index contributed by atoms with van der Waals surface area (Å²) in [4.78, 5) is 12.9. The molecule has 0 radical (unpaired) electrons. The van der Waals surface area contributed by atoms with Crippen molar-refractivity contribution in [1.29, 1.82) is 5.26 Å². The Balaban J connectivity index is 2.56. The summed E-state index contributed by atoms with van der Waals surface area (Å²) in [5.74, 6) is 2.67. The van der Waals surface area contributed by atoms with Gasteiger partial charge in [-0.25, -0.2) is 0 Å². The number of nitrogens with one attached hydrogen (secondary N) is 1. The second kappa shape index (κ2) is 9.73. The Morgan fingerprint density at radius 1 is 1.45 bits per heavy atom. The Morgan fingerprint density at radius 2 is 2.20 bits per heavy atom. The Hall–Kier alpha value is -1.12. The predicted molar refractivity (Wildman–Crippen MR) is 88.2 cm³/mol. The Bertz CT molecular complexity index is 471. The van der Waals surface area contributed by atoms with Gasteiger partial charge in [-0.15, -0.1) is 11.8 Å². The van der Waals surface area contributed by atoms with Gasteiger partial charge in [0.25, 0.3) is 0 Å². The lowest BCUT2D eigenvalue weighted by Gasteiger charge is -2.11. The maximum atomic E-state index is 11.8. The number of carbonyl (C=O) groups excluding carboxylic acids is 1. The van der Waals surface area contributed by atoms with Gasteiger partial charge >= 0.3 is 0 Å². The minimum atomic E-state index is 0.00436. The van der Waals surface area contributed by atoms with Gasteiger partial charge in [0, 0.05) is 22.8 Å². The van der Waals surface area contributed by atoms with E-state index < -0.39 is 0 Å². The quantitative estimate of drug-likeness (QED) is 0.582. The Kier molecular flexibility index (Phi) is 8.24. The first-order valence-electron chi connectivity index (χ1n) is 6.66. The minimum absolute atomic E-state index is 0.00436. The lowest BCUT2D eigenvalue weighted by atomic mass is 10.3. The van der Waals surface area contributed by atoms with Crippen LogP contribution in [0.3, 0.4) is 0 Å². The Morgan fingerprint density at radius 3 is 2.90 bits per heavy atom. The van der Waals surface area contributed by atoms with Crippen LogP contribution in [0.4, 0.5) is 5.69 Å². The van der Waals surface area contributed by atoms with Crippen LogP contribution in [-0.2, 0) is 4.79 Å². The zero-order valence-electron chi connectivity index (χ0n) is 11.9. The summed E-state index contributed by atoms with van der Waals surface area (Å²) in [6.07, 6.45) is 0.534. The van der Waals surface area contributed by atoms with Crippen LogP contribution >= 0.6 is 23.5 Å². The molecule has 1 N–H and O–H groups in total. The number of hydrogen-bond acceptors (Lipinski definition) is 4. The number of carbonyl (C=O) groups is 1. The molecule has 108 valence electrons. The highest BCUT2D eigenvalue weighted by atomic mass is 32.2. The fourth-order valence-electron chi connectivity index (χ4n) is 1.47. The molecule has 0 saturated heterocycles. The van der Waals surface area contributed by atoms with E-state index in [4.69, 9.17) is 5.26 Å². The van der Waals surface area contributed by atoms with Crippen LogP contribution in [0.1, 0.15) is 20.3 Å². The first-order valence-corrected chi connectivity index (χ1v) is 8.80. The number of hydrogen-bond donors (Lipinski definition) is 1. The molecule has 0 unspecified atom stereocenters. The van der Waals surface area contributed by atoms with Crippen molar-refractivity contribution < 1.29 is 4.79 Å². The van der Waals surface area contributed by atoms with Gasteiger partial charge in [0.05, 0.1) is 17.7 Å². The normalized spacial score (nSPS) is 11.7. The average molecular weight is 308 g/mol. The predicted octanol–water partition coefficient (Wildman–Crippen LogP) is 4.02. The monoisotopic (exact) mass is 308 g/mol. The van der Waals surface area contributed by atoms with E-state index >= 15 is 0 Å². The summed E-state index contributed by atoms with van der Waals surface area (Å²) < 4.78 is 0. The van der Waals surface area contributed by atoms with Gasteiger partial charge in [0.2, 0.25) is 5.91 Å². The first kappa shape index (κ1) is 16.9. The van der Waals surface area contributed by atoms with Crippen molar-refractivity contribution in [3.63, 3.8) is 0 Å². The van der Waals surface area contributed by atoms with E-state index in [0.29, 0.717) is 6.42 Å². The number of rotatable bonds is 8. The molecule has 1 amide bonds. The van der Waals surface area contributed by atoms with Crippen LogP contribution in [0.5, 0.6) is 0 Å². The lowest BCUT2D eigenvalue weighted by molar-refractivity contribution is -0.115. The molecule has 0 bridgehead atoms. The zero-order valence-corrected chi connectivity index (χ0v) is 13.5. The molecule has 3 nitrogen and oxygen atoms in total. The molecular formula is C15H20N2OS2. The summed E-state index contributed by atoms with van der Waals surface area (Å²) >= 11 is 3.37. The third kappa shape index (κ3) is 6.36. The summed E-state index contributed by atoms with van der Waals surface area (Å²) in [5, 5.41) is 11.8. The van der Waals surface area contributed by atoms with Gasteiger partial charge in [-0.2, -0.15) is 17.0 Å². The SMILES string of the molecule is CCSCCC(=O)Nc1ccccc1SC[C@@H](C)C#N. The van der Waals surface area contributed by atoms with E-state index in [1.165, 1.54) is 0 Å². The first-order chi connectivity index (χ1) is 9.67. The largest absolute Gasteiger partial charge is 0.325 e. The van der Waals surface area contributed by atoms with Crippen LogP contribution in [0, 0.1) is 17.2 Å². The second-order valence-electron chi connectivity index (χ2n) is 4.33. The van der Waals surface area contributed by atoms with Gasteiger partial charge in [-0.1, -0.05) is 19.1 Å². The molecule has 0 aliphatic carbocycles. The summed E-state index contributed by atoms with van der Waals surface area (Å²) in [5.41, 5.74) is 0.842. The molecule has 1 atom stereocenters. The van der Waals surface area contributed by atoms with E-state index in [1.807, 2.05) is 31.2 Å². The van der Waals surface area contributed by atoms with Crippen molar-refractivity contribution in [3.8, 4) is 6.07 Å². The van der Waals surface area contributed by atoms with E-state index in [2.05, 4.69) is 18.3 Å². The minimum Gasteiger partial charge on any atom is -0.325 e. The summed E-state index contributed by atoms with van der Waals surface area (Å²) in [6, 6.07) is 9.96. The van der Waals surface area contributed by atoms with Crippen molar-refractivity contribution in [1.82, 2.24) is 0 Å². The molecule has 0 spiro atoms. The third-order valence-electron chi connectivity index (χ3n) is 2.55. The zero-order chi connectivity index (χ0) is 14.8. The van der Waals surface area contributed by atoms with Crippen LogP contribution < -0.4 is 5.32 Å². The molecule has 0 saturated carbocycles. The average Bonchev–Trinajstić information content (AvgIpc) is 2.46. The second-order valence-corrected chi connectivity index (χ2v) is 6.79. The number of nitriles is 1. The van der Waals surface area contributed by atoms with Crippen molar-refractivity contribution >= 4 is 35.1 Å². The number of amides is 1. The number of benzene rings is 1. The van der Waals surface area contributed by atoms with Crippen molar-refractivity contribution in [2.24, 2.45) is 5.92 Å². The highest BCUT2D eigenvalue weighted by Gasteiger charge is 2.08. The Labute approximate surface area is 129 Å². The molecule has 0 aliphatic rings. The number of para-hydroxylation sites is 1. The molecular weight excluding hydrogens is 288 g/mol. The fourth-order valence-corrected chi connectivity index (χ4v) is 3.04. The molecule has 0 aromatic heterocycles. The number of anilines is 1. The molecule has 1 rings (SSSR count). The summed E-state index contributed by atoms with van der Waals surface area (Å²) in [7, 11) is 0. The van der Waals surface area contributed by atoms with E-state index in [1.54, 1.807) is 23.5 Å². The molecule has 0 heterocycles. The van der Waals surface area contributed by atoms with Crippen LogP contribution in [0.2, 0.25) is 0 Å². The molecule has 1 aromatic rings. The van der Waals surface area contributed by atoms with Crippen molar-refractivity contribution in [2.45, 2.75) is 25.2 Å². The highest BCUT2D eigenvalue weighted by Crippen LogP contribution is 2.28. The van der Waals surface area contributed by atoms with Crippen molar-refractivity contribution in [3.05, 3.63) is 24.3 Å².